The Morgan fingerprint density at radius 2 is 2.04 bits per heavy atom. The van der Waals surface area contributed by atoms with Crippen LogP contribution in [0, 0.1) is 5.92 Å². The molecule has 5 nitrogen and oxygen atoms in total. The largest absolute Gasteiger partial charge is 0.493 e. The van der Waals surface area contributed by atoms with Gasteiger partial charge in [0.05, 0.1) is 19.1 Å². The second-order valence-corrected chi connectivity index (χ2v) is 6.96. The van der Waals surface area contributed by atoms with Crippen LogP contribution < -0.4 is 20.1 Å². The van der Waals surface area contributed by atoms with Crippen LogP contribution in [0.4, 0.5) is 0 Å². The third kappa shape index (κ3) is 5.23. The molecule has 0 radical (unpaired) electrons. The molecule has 144 valence electrons. The lowest BCUT2D eigenvalue weighted by Gasteiger charge is -2.24. The Balaban J connectivity index is 1.62. The van der Waals surface area contributed by atoms with E-state index in [-0.39, 0.29) is 17.9 Å². The quantitative estimate of drug-likeness (QED) is 0.786. The van der Waals surface area contributed by atoms with E-state index in [1.807, 2.05) is 55.5 Å². The molecule has 1 amide bonds. The molecule has 2 aromatic rings. The summed E-state index contributed by atoms with van der Waals surface area (Å²) in [4.78, 5) is 12.5. The average molecular weight is 368 g/mol. The smallest absolute Gasteiger partial charge is 0.224 e. The van der Waals surface area contributed by atoms with Crippen LogP contribution in [-0.2, 0) is 11.4 Å². The van der Waals surface area contributed by atoms with E-state index in [2.05, 4.69) is 10.6 Å². The highest BCUT2D eigenvalue weighted by molar-refractivity contribution is 5.79. The van der Waals surface area contributed by atoms with Crippen LogP contribution in [-0.4, -0.2) is 26.1 Å². The Kier molecular flexibility index (Phi) is 6.71. The monoisotopic (exact) mass is 368 g/mol. The van der Waals surface area contributed by atoms with E-state index in [4.69, 9.17) is 9.47 Å². The van der Waals surface area contributed by atoms with Crippen LogP contribution in [0.15, 0.2) is 48.5 Å². The fourth-order valence-electron chi connectivity index (χ4n) is 3.30. The maximum Gasteiger partial charge on any atom is 0.224 e. The van der Waals surface area contributed by atoms with Gasteiger partial charge in [0, 0.05) is 6.54 Å². The number of nitrogens with one attached hydrogen (secondary N) is 2. The summed E-state index contributed by atoms with van der Waals surface area (Å²) in [6.07, 6.45) is 1.99. The van der Waals surface area contributed by atoms with Gasteiger partial charge in [-0.2, -0.15) is 0 Å². The molecule has 2 unspecified atom stereocenters. The molecule has 27 heavy (non-hydrogen) atoms. The molecule has 2 atom stereocenters. The number of amides is 1. The molecular weight excluding hydrogens is 340 g/mol. The van der Waals surface area contributed by atoms with Gasteiger partial charge in [0.15, 0.2) is 11.5 Å². The molecular formula is C22H28N2O3. The molecule has 2 N–H and O–H groups in total. The van der Waals surface area contributed by atoms with Crippen LogP contribution in [0.3, 0.4) is 0 Å². The second kappa shape index (κ2) is 9.42. The van der Waals surface area contributed by atoms with Crippen LogP contribution in [0.5, 0.6) is 11.5 Å². The number of benzene rings is 2. The Bertz CT molecular complexity index is 742. The molecule has 1 saturated heterocycles. The summed E-state index contributed by atoms with van der Waals surface area (Å²) in [5.41, 5.74) is 2.10. The van der Waals surface area contributed by atoms with Crippen molar-refractivity contribution >= 4 is 5.91 Å². The van der Waals surface area contributed by atoms with E-state index in [9.17, 15) is 4.79 Å². The predicted molar refractivity (Wildman–Crippen MR) is 106 cm³/mol. The van der Waals surface area contributed by atoms with Crippen LogP contribution >= 0.6 is 0 Å². The standard InChI is InChI=1S/C22H28N2O3/c1-16(24-22(25)19-9-6-12-23-14-19)18-10-11-20(21(13-18)26-2)27-15-17-7-4-3-5-8-17/h3-5,7-8,10-11,13,16,19,23H,6,9,12,14-15H2,1-2H3,(H,24,25). The van der Waals surface area contributed by atoms with Gasteiger partial charge in [-0.3, -0.25) is 4.79 Å². The fraction of sp³-hybridized carbons (Fsp3) is 0.409. The van der Waals surface area contributed by atoms with Crippen molar-refractivity contribution in [2.24, 2.45) is 5.92 Å². The minimum Gasteiger partial charge on any atom is -0.493 e. The zero-order valence-corrected chi connectivity index (χ0v) is 16.0. The molecule has 0 saturated carbocycles. The van der Waals surface area contributed by atoms with Gasteiger partial charge in [-0.25, -0.2) is 0 Å². The first-order valence-electron chi connectivity index (χ1n) is 9.53. The molecule has 2 aromatic carbocycles. The summed E-state index contributed by atoms with van der Waals surface area (Å²) in [5.74, 6) is 1.53. The number of methoxy groups -OCH3 is 1. The summed E-state index contributed by atoms with van der Waals surface area (Å²) in [5, 5.41) is 6.40. The van der Waals surface area contributed by atoms with Crippen LogP contribution in [0.25, 0.3) is 0 Å². The highest BCUT2D eigenvalue weighted by atomic mass is 16.5. The Labute approximate surface area is 161 Å². The second-order valence-electron chi connectivity index (χ2n) is 6.96. The Morgan fingerprint density at radius 1 is 1.22 bits per heavy atom. The highest BCUT2D eigenvalue weighted by Crippen LogP contribution is 2.31. The van der Waals surface area contributed by atoms with Crippen LogP contribution in [0.1, 0.15) is 36.9 Å². The van der Waals surface area contributed by atoms with E-state index in [1.165, 1.54) is 0 Å². The van der Waals surface area contributed by atoms with Crippen molar-refractivity contribution in [3.05, 3.63) is 59.7 Å². The van der Waals surface area contributed by atoms with E-state index in [0.29, 0.717) is 18.1 Å². The van der Waals surface area contributed by atoms with Gasteiger partial charge in [0.1, 0.15) is 6.61 Å². The van der Waals surface area contributed by atoms with Gasteiger partial charge >= 0.3 is 0 Å². The summed E-state index contributed by atoms with van der Waals surface area (Å²) in [7, 11) is 1.63. The summed E-state index contributed by atoms with van der Waals surface area (Å²) in [6.45, 7) is 4.24. The lowest BCUT2D eigenvalue weighted by molar-refractivity contribution is -0.126. The van der Waals surface area contributed by atoms with Crippen molar-refractivity contribution in [1.29, 1.82) is 0 Å². The maximum absolute atomic E-state index is 12.5. The Hall–Kier alpha value is -2.53. The lowest BCUT2D eigenvalue weighted by Crippen LogP contribution is -2.41. The van der Waals surface area contributed by atoms with Gasteiger partial charge in [-0.15, -0.1) is 0 Å². The minimum atomic E-state index is -0.0866. The van der Waals surface area contributed by atoms with E-state index < -0.39 is 0 Å². The third-order valence-corrected chi connectivity index (χ3v) is 4.95. The topological polar surface area (TPSA) is 59.6 Å². The van der Waals surface area contributed by atoms with Gasteiger partial charge in [-0.1, -0.05) is 36.4 Å². The summed E-state index contributed by atoms with van der Waals surface area (Å²) in [6, 6.07) is 15.8. The normalized spacial score (nSPS) is 17.8. The fourth-order valence-corrected chi connectivity index (χ4v) is 3.30. The van der Waals surface area contributed by atoms with Crippen molar-refractivity contribution < 1.29 is 14.3 Å². The molecule has 3 rings (SSSR count). The van der Waals surface area contributed by atoms with E-state index >= 15 is 0 Å². The zero-order chi connectivity index (χ0) is 19.1. The van der Waals surface area contributed by atoms with Crippen LogP contribution in [0.2, 0.25) is 0 Å². The van der Waals surface area contributed by atoms with Crippen molar-refractivity contribution in [3.63, 3.8) is 0 Å². The van der Waals surface area contributed by atoms with Crippen molar-refractivity contribution in [2.45, 2.75) is 32.4 Å². The highest BCUT2D eigenvalue weighted by Gasteiger charge is 2.22. The molecule has 1 heterocycles. The lowest BCUT2D eigenvalue weighted by atomic mass is 9.98. The van der Waals surface area contributed by atoms with E-state index in [1.54, 1.807) is 7.11 Å². The van der Waals surface area contributed by atoms with E-state index in [0.717, 1.165) is 37.1 Å². The number of ether oxygens (including phenoxy) is 2. The SMILES string of the molecule is COc1cc(C(C)NC(=O)C2CCCNC2)ccc1OCc1ccccc1. The molecule has 0 aliphatic carbocycles. The molecule has 1 aliphatic rings. The van der Waals surface area contributed by atoms with Gasteiger partial charge in [0.2, 0.25) is 5.91 Å². The van der Waals surface area contributed by atoms with Crippen molar-refractivity contribution in [1.82, 2.24) is 10.6 Å². The average Bonchev–Trinajstić information content (AvgIpc) is 2.73. The summed E-state index contributed by atoms with van der Waals surface area (Å²) >= 11 is 0. The summed E-state index contributed by atoms with van der Waals surface area (Å²) < 4.78 is 11.4. The number of carbonyl (C=O) groups excluding carboxylic acids is 1. The number of carbonyl (C=O) groups is 1. The van der Waals surface area contributed by atoms with Crippen molar-refractivity contribution in [2.75, 3.05) is 20.2 Å². The van der Waals surface area contributed by atoms with Crippen molar-refractivity contribution in [3.8, 4) is 11.5 Å². The predicted octanol–water partition coefficient (Wildman–Crippen LogP) is 3.45. The number of hydrogen-bond acceptors (Lipinski definition) is 4. The Morgan fingerprint density at radius 3 is 2.74 bits per heavy atom. The molecule has 5 heteroatoms. The molecule has 0 bridgehead atoms. The zero-order valence-electron chi connectivity index (χ0n) is 16.0. The first kappa shape index (κ1) is 19.2. The first-order chi connectivity index (χ1) is 13.2. The van der Waals surface area contributed by atoms with Gasteiger partial charge in [-0.05, 0) is 49.6 Å². The maximum atomic E-state index is 12.5. The molecule has 1 aliphatic heterocycles. The third-order valence-electron chi connectivity index (χ3n) is 4.95. The molecule has 1 fully saturated rings. The number of piperidine rings is 1. The minimum absolute atomic E-state index is 0.0524. The molecule has 0 aromatic heterocycles. The number of rotatable bonds is 7. The van der Waals surface area contributed by atoms with Gasteiger partial charge < -0.3 is 20.1 Å². The molecule has 0 spiro atoms. The first-order valence-corrected chi connectivity index (χ1v) is 9.53. The number of hydrogen-bond donors (Lipinski definition) is 2. The van der Waals surface area contributed by atoms with Gasteiger partial charge in [0.25, 0.3) is 0 Å².